The van der Waals surface area contributed by atoms with Crippen LogP contribution in [-0.4, -0.2) is 54.9 Å². The summed E-state index contributed by atoms with van der Waals surface area (Å²) < 4.78 is 33.5. The largest absolute Gasteiger partial charge is 0.494 e. The SMILES string of the molecule is COc1ccc(CN2CCC3(CC2)CCN(C(=O)c2ccc4c(c2)C(NC(=O)c2c(F)cccc2Cl)CC4)CC3)cc1F. The third kappa shape index (κ3) is 6.13. The molecule has 6 rings (SSSR count). The summed E-state index contributed by atoms with van der Waals surface area (Å²) in [5, 5.41) is 3.00. The van der Waals surface area contributed by atoms with Crippen molar-refractivity contribution in [2.24, 2.45) is 5.41 Å². The highest BCUT2D eigenvalue weighted by Crippen LogP contribution is 2.42. The summed E-state index contributed by atoms with van der Waals surface area (Å²) in [7, 11) is 1.47. The maximum atomic E-state index is 14.3. The van der Waals surface area contributed by atoms with E-state index in [0.717, 1.165) is 61.9 Å². The number of aryl methyl sites for hydroxylation is 1. The molecule has 3 aliphatic rings. The van der Waals surface area contributed by atoms with Gasteiger partial charge in [0.15, 0.2) is 11.6 Å². The van der Waals surface area contributed by atoms with Crippen molar-refractivity contribution in [3.63, 3.8) is 0 Å². The number of likely N-dealkylation sites (tertiary alicyclic amines) is 2. The van der Waals surface area contributed by atoms with Gasteiger partial charge in [-0.3, -0.25) is 14.5 Å². The lowest BCUT2D eigenvalue weighted by atomic mass is 9.71. The molecule has 2 heterocycles. The quantitative estimate of drug-likeness (QED) is 0.345. The van der Waals surface area contributed by atoms with Crippen LogP contribution in [0.25, 0.3) is 0 Å². The molecule has 6 nitrogen and oxygen atoms in total. The molecule has 3 aromatic carbocycles. The van der Waals surface area contributed by atoms with Crippen LogP contribution < -0.4 is 10.1 Å². The fourth-order valence-electron chi connectivity index (χ4n) is 6.95. The van der Waals surface area contributed by atoms with E-state index in [4.69, 9.17) is 16.3 Å². The van der Waals surface area contributed by atoms with E-state index in [-0.39, 0.29) is 39.5 Å². The number of carbonyl (C=O) groups is 2. The van der Waals surface area contributed by atoms with Crippen LogP contribution in [0.5, 0.6) is 5.75 Å². The molecule has 0 saturated carbocycles. The van der Waals surface area contributed by atoms with Crippen LogP contribution in [0.2, 0.25) is 5.02 Å². The van der Waals surface area contributed by atoms with Gasteiger partial charge in [0.1, 0.15) is 5.82 Å². The number of amides is 2. The number of piperidine rings is 2. The second-order valence-electron chi connectivity index (χ2n) is 12.1. The van der Waals surface area contributed by atoms with Gasteiger partial charge in [-0.1, -0.05) is 29.8 Å². The second kappa shape index (κ2) is 12.2. The van der Waals surface area contributed by atoms with E-state index in [0.29, 0.717) is 31.6 Å². The highest BCUT2D eigenvalue weighted by Gasteiger charge is 2.39. The van der Waals surface area contributed by atoms with Crippen LogP contribution in [0.4, 0.5) is 8.78 Å². The Morgan fingerprint density at radius 3 is 2.42 bits per heavy atom. The van der Waals surface area contributed by atoms with Crippen LogP contribution >= 0.6 is 11.6 Å². The number of fused-ring (bicyclic) bond motifs is 1. The van der Waals surface area contributed by atoms with E-state index in [9.17, 15) is 18.4 Å². The summed E-state index contributed by atoms with van der Waals surface area (Å²) in [6.07, 6.45) is 5.53. The fourth-order valence-corrected chi connectivity index (χ4v) is 7.20. The first-order valence-corrected chi connectivity index (χ1v) is 15.3. The van der Waals surface area contributed by atoms with Gasteiger partial charge >= 0.3 is 0 Å². The number of halogens is 3. The lowest BCUT2D eigenvalue weighted by molar-refractivity contribution is 0.0285. The van der Waals surface area contributed by atoms with E-state index >= 15 is 0 Å². The predicted octanol–water partition coefficient (Wildman–Crippen LogP) is 6.56. The van der Waals surface area contributed by atoms with Crippen molar-refractivity contribution in [2.45, 2.75) is 51.1 Å². The van der Waals surface area contributed by atoms with Crippen molar-refractivity contribution in [3.05, 3.63) is 99.1 Å². The zero-order valence-corrected chi connectivity index (χ0v) is 25.1. The van der Waals surface area contributed by atoms with Crippen LogP contribution in [-0.2, 0) is 13.0 Å². The molecule has 2 fully saturated rings. The highest BCUT2D eigenvalue weighted by atomic mass is 35.5. The lowest BCUT2D eigenvalue weighted by Crippen LogP contribution is -2.48. The Morgan fingerprint density at radius 1 is 0.977 bits per heavy atom. The number of hydrogen-bond acceptors (Lipinski definition) is 4. The van der Waals surface area contributed by atoms with Gasteiger partial charge in [0, 0.05) is 25.2 Å². The molecule has 226 valence electrons. The van der Waals surface area contributed by atoms with E-state index in [1.54, 1.807) is 12.1 Å². The van der Waals surface area contributed by atoms with E-state index < -0.39 is 11.7 Å². The molecule has 1 atom stereocenters. The zero-order valence-electron chi connectivity index (χ0n) is 24.3. The van der Waals surface area contributed by atoms with Crippen molar-refractivity contribution in [1.82, 2.24) is 15.1 Å². The molecule has 0 bridgehead atoms. The topological polar surface area (TPSA) is 61.9 Å². The Kier molecular flexibility index (Phi) is 8.42. The molecule has 2 aliphatic heterocycles. The van der Waals surface area contributed by atoms with Gasteiger partial charge in [0.25, 0.3) is 11.8 Å². The summed E-state index contributed by atoms with van der Waals surface area (Å²) in [4.78, 5) is 30.8. The van der Waals surface area contributed by atoms with Crippen molar-refractivity contribution in [3.8, 4) is 5.75 Å². The molecule has 2 saturated heterocycles. The Bertz CT molecular complexity index is 1510. The maximum Gasteiger partial charge on any atom is 0.256 e. The standard InChI is InChI=1S/C34H36ClF2N3O3/c1-43-30-10-5-22(19-28(30)37)21-39-15-11-34(12-16-39)13-17-40(18-14-34)33(42)24-7-6-23-8-9-29(25(23)20-24)38-32(41)31-26(35)3-2-4-27(31)36/h2-7,10,19-20,29H,8-9,11-18,21H2,1H3,(H,38,41). The number of methoxy groups -OCH3 is 1. The zero-order chi connectivity index (χ0) is 30.1. The number of hydrogen-bond donors (Lipinski definition) is 1. The fraction of sp³-hybridized carbons (Fsp3) is 0.412. The van der Waals surface area contributed by atoms with Gasteiger partial charge in [0.2, 0.25) is 0 Å². The van der Waals surface area contributed by atoms with Crippen LogP contribution in [0, 0.1) is 17.0 Å². The summed E-state index contributed by atoms with van der Waals surface area (Å²) in [5.74, 6) is -1.28. The van der Waals surface area contributed by atoms with Crippen molar-refractivity contribution < 1.29 is 23.1 Å². The molecule has 1 N–H and O–H groups in total. The Balaban J connectivity index is 1.04. The van der Waals surface area contributed by atoms with E-state index in [1.807, 2.05) is 29.2 Å². The van der Waals surface area contributed by atoms with Crippen molar-refractivity contribution in [2.75, 3.05) is 33.3 Å². The minimum atomic E-state index is -0.659. The number of carbonyl (C=O) groups excluding carboxylic acids is 2. The van der Waals surface area contributed by atoms with Gasteiger partial charge in [-0.05, 0) is 110 Å². The third-order valence-electron chi connectivity index (χ3n) is 9.62. The third-order valence-corrected chi connectivity index (χ3v) is 9.93. The number of nitrogens with one attached hydrogen (secondary N) is 1. The first-order chi connectivity index (χ1) is 20.7. The maximum absolute atomic E-state index is 14.3. The highest BCUT2D eigenvalue weighted by molar-refractivity contribution is 6.33. The van der Waals surface area contributed by atoms with Crippen LogP contribution in [0.1, 0.15) is 75.6 Å². The summed E-state index contributed by atoms with van der Waals surface area (Å²) >= 11 is 6.10. The molecule has 2 amide bonds. The van der Waals surface area contributed by atoms with E-state index in [2.05, 4.69) is 10.2 Å². The molecule has 43 heavy (non-hydrogen) atoms. The lowest BCUT2D eigenvalue weighted by Gasteiger charge is -2.47. The minimum absolute atomic E-state index is 0.00532. The summed E-state index contributed by atoms with van der Waals surface area (Å²) in [6.45, 7) is 4.06. The minimum Gasteiger partial charge on any atom is -0.494 e. The number of benzene rings is 3. The number of nitrogens with zero attached hydrogens (tertiary/aromatic N) is 2. The van der Waals surface area contributed by atoms with Gasteiger partial charge in [-0.2, -0.15) is 0 Å². The van der Waals surface area contributed by atoms with E-state index in [1.165, 1.54) is 25.3 Å². The molecule has 9 heteroatoms. The Morgan fingerprint density at radius 2 is 1.72 bits per heavy atom. The molecule has 1 unspecified atom stereocenters. The predicted molar refractivity (Wildman–Crippen MR) is 161 cm³/mol. The van der Waals surface area contributed by atoms with Gasteiger partial charge in [-0.25, -0.2) is 8.78 Å². The Labute approximate surface area is 256 Å². The molecule has 1 spiro atoms. The molecule has 3 aromatic rings. The molecular formula is C34H36ClF2N3O3. The number of rotatable bonds is 6. The monoisotopic (exact) mass is 607 g/mol. The van der Waals surface area contributed by atoms with Gasteiger partial charge in [0.05, 0.1) is 23.7 Å². The summed E-state index contributed by atoms with van der Waals surface area (Å²) in [6, 6.07) is 14.8. The molecular weight excluding hydrogens is 572 g/mol. The first-order valence-electron chi connectivity index (χ1n) is 15.0. The molecule has 1 aliphatic carbocycles. The van der Waals surface area contributed by atoms with Crippen molar-refractivity contribution >= 4 is 23.4 Å². The molecule has 0 radical (unpaired) electrons. The Hall–Kier alpha value is -3.49. The normalized spacial score (nSPS) is 19.7. The van der Waals surface area contributed by atoms with Crippen LogP contribution in [0.15, 0.2) is 54.6 Å². The van der Waals surface area contributed by atoms with Crippen molar-refractivity contribution in [1.29, 1.82) is 0 Å². The average molecular weight is 608 g/mol. The first kappa shape index (κ1) is 29.6. The molecule has 0 aromatic heterocycles. The van der Waals surface area contributed by atoms with Gasteiger partial charge in [-0.15, -0.1) is 0 Å². The number of ether oxygens (including phenoxy) is 1. The van der Waals surface area contributed by atoms with Crippen LogP contribution in [0.3, 0.4) is 0 Å². The second-order valence-corrected chi connectivity index (χ2v) is 12.5. The van der Waals surface area contributed by atoms with Gasteiger partial charge < -0.3 is 15.0 Å². The summed E-state index contributed by atoms with van der Waals surface area (Å²) in [5.41, 5.74) is 3.63. The smallest absolute Gasteiger partial charge is 0.256 e. The average Bonchev–Trinajstić information content (AvgIpc) is 3.40.